The van der Waals surface area contributed by atoms with E-state index in [1.54, 1.807) is 30.6 Å². The Balaban J connectivity index is 1.10. The number of benzene rings is 2. The molecule has 2 aromatic carbocycles. The lowest BCUT2D eigenvalue weighted by Crippen LogP contribution is -2.35. The summed E-state index contributed by atoms with van der Waals surface area (Å²) in [5.41, 5.74) is 1.86. The summed E-state index contributed by atoms with van der Waals surface area (Å²) in [4.78, 5) is 23.2. The molecule has 1 amide bonds. The fourth-order valence-electron chi connectivity index (χ4n) is 4.59. The molecule has 1 atom stereocenters. The number of nitrogens with zero attached hydrogens (tertiary/aromatic N) is 3. The van der Waals surface area contributed by atoms with Crippen molar-refractivity contribution in [1.82, 2.24) is 14.9 Å². The number of hydrogen-bond acceptors (Lipinski definition) is 5. The zero-order valence-corrected chi connectivity index (χ0v) is 17.7. The van der Waals surface area contributed by atoms with Gasteiger partial charge in [0.2, 0.25) is 5.91 Å². The van der Waals surface area contributed by atoms with E-state index >= 15 is 0 Å². The minimum Gasteiger partial charge on any atom is -0.424 e. The third-order valence-corrected chi connectivity index (χ3v) is 6.53. The maximum absolute atomic E-state index is 13.4. The summed E-state index contributed by atoms with van der Waals surface area (Å²) in [6, 6.07) is 16.2. The number of amides is 1. The largest absolute Gasteiger partial charge is 0.424 e. The maximum Gasteiger partial charge on any atom is 0.321 e. The van der Waals surface area contributed by atoms with Crippen LogP contribution in [-0.2, 0) is 11.3 Å². The van der Waals surface area contributed by atoms with Gasteiger partial charge in [0.25, 0.3) is 0 Å². The van der Waals surface area contributed by atoms with E-state index < -0.39 is 0 Å². The van der Waals surface area contributed by atoms with Gasteiger partial charge in [-0.05, 0) is 79.7 Å². The fraction of sp³-hybridized carbons (Fsp3) is 0.320. The van der Waals surface area contributed by atoms with Crippen molar-refractivity contribution < 1.29 is 13.9 Å². The molecule has 1 saturated heterocycles. The molecule has 1 aromatic heterocycles. The number of likely N-dealkylation sites (tertiary alicyclic amines) is 1. The molecule has 6 nitrogen and oxygen atoms in total. The van der Waals surface area contributed by atoms with E-state index in [1.807, 2.05) is 12.1 Å². The monoisotopic (exact) mass is 432 g/mol. The number of anilines is 1. The average molecular weight is 432 g/mol. The molecule has 0 radical (unpaired) electrons. The average Bonchev–Trinajstić information content (AvgIpc) is 3.51. The molecule has 5 rings (SSSR count). The smallest absolute Gasteiger partial charge is 0.321 e. The first kappa shape index (κ1) is 20.6. The second-order valence-corrected chi connectivity index (χ2v) is 8.67. The van der Waals surface area contributed by atoms with Crippen LogP contribution in [-0.4, -0.2) is 33.9 Å². The first-order chi connectivity index (χ1) is 15.6. The highest BCUT2D eigenvalue weighted by Gasteiger charge is 2.58. The van der Waals surface area contributed by atoms with E-state index in [-0.39, 0.29) is 23.1 Å². The summed E-state index contributed by atoms with van der Waals surface area (Å²) in [6.07, 6.45) is 6.25. The van der Waals surface area contributed by atoms with E-state index in [0.717, 1.165) is 38.9 Å². The predicted molar refractivity (Wildman–Crippen MR) is 119 cm³/mol. The van der Waals surface area contributed by atoms with Gasteiger partial charge in [-0.15, -0.1) is 0 Å². The van der Waals surface area contributed by atoms with Crippen LogP contribution in [0.2, 0.25) is 0 Å². The van der Waals surface area contributed by atoms with Gasteiger partial charge in [-0.25, -0.2) is 14.4 Å². The van der Waals surface area contributed by atoms with Crippen LogP contribution in [0.25, 0.3) is 0 Å². The molecular weight excluding hydrogens is 407 g/mol. The van der Waals surface area contributed by atoms with Gasteiger partial charge in [0.15, 0.2) is 0 Å². The normalized spacial score (nSPS) is 19.5. The molecule has 1 spiro atoms. The second-order valence-electron chi connectivity index (χ2n) is 8.67. The standard InChI is InChI=1S/C25H25FN4O2/c26-19-3-1-4-20(15-19)29-23(31)22-16-25(22)9-13-30(14-10-25)17-18-5-7-21(8-6-18)32-24-27-11-2-12-28-24/h1-8,11-12,15,22H,9-10,13-14,16-17H2,(H,29,31). The molecule has 2 fully saturated rings. The quantitative estimate of drug-likeness (QED) is 0.614. The van der Waals surface area contributed by atoms with Crippen LogP contribution in [0.5, 0.6) is 11.8 Å². The van der Waals surface area contributed by atoms with Crippen molar-refractivity contribution in [3.63, 3.8) is 0 Å². The van der Waals surface area contributed by atoms with Crippen LogP contribution < -0.4 is 10.1 Å². The van der Waals surface area contributed by atoms with Gasteiger partial charge in [-0.1, -0.05) is 18.2 Å². The van der Waals surface area contributed by atoms with Crippen molar-refractivity contribution >= 4 is 11.6 Å². The molecule has 3 aromatic rings. The SMILES string of the molecule is O=C(Nc1cccc(F)c1)C1CC12CCN(Cc1ccc(Oc3ncccn3)cc1)CC2. The number of hydrogen-bond donors (Lipinski definition) is 1. The lowest BCUT2D eigenvalue weighted by atomic mass is 9.90. The van der Waals surface area contributed by atoms with Crippen molar-refractivity contribution in [2.45, 2.75) is 25.8 Å². The molecule has 1 N–H and O–H groups in total. The summed E-state index contributed by atoms with van der Waals surface area (Å²) in [6.45, 7) is 2.82. The molecule has 1 saturated carbocycles. The van der Waals surface area contributed by atoms with Crippen LogP contribution in [0, 0.1) is 17.2 Å². The molecule has 2 heterocycles. The van der Waals surface area contributed by atoms with Gasteiger partial charge < -0.3 is 10.1 Å². The lowest BCUT2D eigenvalue weighted by Gasteiger charge is -2.32. The highest BCUT2D eigenvalue weighted by Crippen LogP contribution is 2.59. The highest BCUT2D eigenvalue weighted by atomic mass is 19.1. The van der Waals surface area contributed by atoms with Crippen LogP contribution in [0.4, 0.5) is 10.1 Å². The summed E-state index contributed by atoms with van der Waals surface area (Å²) in [5.74, 6) is 0.420. The number of aromatic nitrogens is 2. The zero-order chi connectivity index (χ0) is 22.0. The number of nitrogens with one attached hydrogen (secondary N) is 1. The van der Waals surface area contributed by atoms with Crippen molar-refractivity contribution in [2.24, 2.45) is 11.3 Å². The molecule has 0 bridgehead atoms. The van der Waals surface area contributed by atoms with Crippen LogP contribution in [0.1, 0.15) is 24.8 Å². The maximum atomic E-state index is 13.4. The highest BCUT2D eigenvalue weighted by molar-refractivity contribution is 5.95. The fourth-order valence-corrected chi connectivity index (χ4v) is 4.59. The van der Waals surface area contributed by atoms with Crippen molar-refractivity contribution in [2.75, 3.05) is 18.4 Å². The third kappa shape index (κ3) is 4.62. The third-order valence-electron chi connectivity index (χ3n) is 6.53. The van der Waals surface area contributed by atoms with E-state index in [4.69, 9.17) is 4.74 Å². The van der Waals surface area contributed by atoms with Gasteiger partial charge >= 0.3 is 6.01 Å². The Labute approximate surface area is 186 Å². The number of carbonyl (C=O) groups is 1. The number of carbonyl (C=O) groups excluding carboxylic acids is 1. The molecular formula is C25H25FN4O2. The Bertz CT molecular complexity index is 1080. The van der Waals surface area contributed by atoms with Crippen molar-refractivity contribution in [1.29, 1.82) is 0 Å². The molecule has 1 unspecified atom stereocenters. The first-order valence-corrected chi connectivity index (χ1v) is 10.9. The number of rotatable bonds is 6. The van der Waals surface area contributed by atoms with Crippen LogP contribution >= 0.6 is 0 Å². The summed E-state index contributed by atoms with van der Waals surface area (Å²) >= 11 is 0. The summed E-state index contributed by atoms with van der Waals surface area (Å²) in [7, 11) is 0. The Kier molecular flexibility index (Phi) is 5.57. The number of ether oxygens (including phenoxy) is 1. The molecule has 1 aliphatic heterocycles. The zero-order valence-electron chi connectivity index (χ0n) is 17.7. The van der Waals surface area contributed by atoms with E-state index in [0.29, 0.717) is 17.4 Å². The van der Waals surface area contributed by atoms with Crippen molar-refractivity contribution in [3.05, 3.63) is 78.4 Å². The van der Waals surface area contributed by atoms with Gasteiger partial charge in [-0.2, -0.15) is 0 Å². The molecule has 1 aliphatic carbocycles. The minimum absolute atomic E-state index is 0.0158. The molecule has 164 valence electrons. The van der Waals surface area contributed by atoms with Gasteiger partial charge in [0.05, 0.1) is 0 Å². The summed E-state index contributed by atoms with van der Waals surface area (Å²) in [5, 5.41) is 2.88. The molecule has 2 aliphatic rings. The van der Waals surface area contributed by atoms with Gasteiger partial charge in [-0.3, -0.25) is 9.69 Å². The topological polar surface area (TPSA) is 67.4 Å². The Morgan fingerprint density at radius 2 is 1.84 bits per heavy atom. The Morgan fingerprint density at radius 1 is 1.09 bits per heavy atom. The lowest BCUT2D eigenvalue weighted by molar-refractivity contribution is -0.118. The predicted octanol–water partition coefficient (Wildman–Crippen LogP) is 4.65. The minimum atomic E-state index is -0.338. The van der Waals surface area contributed by atoms with Crippen LogP contribution in [0.15, 0.2) is 67.0 Å². The van der Waals surface area contributed by atoms with E-state index in [1.165, 1.54) is 17.7 Å². The number of halogens is 1. The van der Waals surface area contributed by atoms with Gasteiger partial charge in [0, 0.05) is 30.5 Å². The molecule has 32 heavy (non-hydrogen) atoms. The Morgan fingerprint density at radius 3 is 2.56 bits per heavy atom. The van der Waals surface area contributed by atoms with Crippen LogP contribution in [0.3, 0.4) is 0 Å². The summed E-state index contributed by atoms with van der Waals surface area (Å²) < 4.78 is 19.0. The second kappa shape index (κ2) is 8.67. The Hall–Kier alpha value is -3.32. The van der Waals surface area contributed by atoms with Crippen molar-refractivity contribution in [3.8, 4) is 11.8 Å². The van der Waals surface area contributed by atoms with E-state index in [9.17, 15) is 9.18 Å². The van der Waals surface area contributed by atoms with Gasteiger partial charge in [0.1, 0.15) is 11.6 Å². The first-order valence-electron chi connectivity index (χ1n) is 10.9. The molecule has 7 heteroatoms. The number of piperidine rings is 1. The van der Waals surface area contributed by atoms with E-state index in [2.05, 4.69) is 32.3 Å².